The first-order chi connectivity index (χ1) is 17.0. The fourth-order valence-electron chi connectivity index (χ4n) is 5.04. The normalized spacial score (nSPS) is 15.9. The molecule has 4 nitrogen and oxygen atoms in total. The van der Waals surface area contributed by atoms with Gasteiger partial charge in [-0.05, 0) is 75.0 Å². The number of aryl methyl sites for hydroxylation is 2. The van der Waals surface area contributed by atoms with Gasteiger partial charge >= 0.3 is 0 Å². The lowest BCUT2D eigenvalue weighted by molar-refractivity contribution is 0.271. The van der Waals surface area contributed by atoms with E-state index in [0.717, 1.165) is 57.6 Å². The van der Waals surface area contributed by atoms with Gasteiger partial charge in [-0.15, -0.1) is 0 Å². The number of fused-ring (bicyclic) bond motifs is 1. The smallest absolute Gasteiger partial charge is 0.138 e. The monoisotopic (exact) mass is 485 g/mol. The van der Waals surface area contributed by atoms with Gasteiger partial charge in [0.1, 0.15) is 5.75 Å². The molecule has 1 atom stereocenters. The third-order valence-electron chi connectivity index (χ3n) is 6.79. The molecule has 0 amide bonds. The van der Waals surface area contributed by atoms with Crippen LogP contribution in [-0.2, 0) is 0 Å². The van der Waals surface area contributed by atoms with Crippen LogP contribution in [0, 0.1) is 13.8 Å². The number of benzene rings is 3. The molecule has 5 rings (SSSR count). The Morgan fingerprint density at radius 1 is 0.971 bits per heavy atom. The first-order valence-electron chi connectivity index (χ1n) is 12.4. The molecule has 1 aliphatic rings. The molecule has 1 saturated heterocycles. The molecular formula is C30H32ClN3O. The number of rotatable bonds is 6. The largest absolute Gasteiger partial charge is 0.492 e. The van der Waals surface area contributed by atoms with E-state index >= 15 is 0 Å². The van der Waals surface area contributed by atoms with Gasteiger partial charge in [0.2, 0.25) is 0 Å². The van der Waals surface area contributed by atoms with E-state index in [0.29, 0.717) is 17.7 Å². The Morgan fingerprint density at radius 3 is 2.46 bits per heavy atom. The molecule has 1 aromatic heterocycles. The Morgan fingerprint density at radius 2 is 1.74 bits per heavy atom. The first-order valence-corrected chi connectivity index (χ1v) is 12.8. The lowest BCUT2D eigenvalue weighted by atomic mass is 9.97. The van der Waals surface area contributed by atoms with Gasteiger partial charge in [-0.25, -0.2) is 0 Å². The van der Waals surface area contributed by atoms with Crippen LogP contribution in [-0.4, -0.2) is 24.2 Å². The van der Waals surface area contributed by atoms with Crippen molar-refractivity contribution in [3.8, 4) is 28.0 Å². The molecule has 0 radical (unpaired) electrons. The number of halogens is 1. The molecule has 0 saturated carbocycles. The molecule has 1 unspecified atom stereocenters. The number of hydrogen-bond donors (Lipinski definition) is 2. The molecule has 2 heterocycles. The average Bonchev–Trinajstić information content (AvgIpc) is 2.84. The van der Waals surface area contributed by atoms with Crippen molar-refractivity contribution in [2.45, 2.75) is 45.6 Å². The van der Waals surface area contributed by atoms with Gasteiger partial charge in [0.05, 0.1) is 17.1 Å². The molecule has 4 aromatic rings. The van der Waals surface area contributed by atoms with Gasteiger partial charge in [-0.1, -0.05) is 59.5 Å². The Bertz CT molecular complexity index is 1320. The molecule has 1 fully saturated rings. The fourth-order valence-corrected chi connectivity index (χ4v) is 5.31. The highest BCUT2D eigenvalue weighted by Gasteiger charge is 2.18. The van der Waals surface area contributed by atoms with E-state index in [1.54, 1.807) is 0 Å². The number of nitrogens with two attached hydrogens (primary N) is 1. The molecule has 3 N–H and O–H groups in total. The van der Waals surface area contributed by atoms with Crippen molar-refractivity contribution < 1.29 is 4.74 Å². The van der Waals surface area contributed by atoms with Crippen molar-refractivity contribution in [2.24, 2.45) is 0 Å². The van der Waals surface area contributed by atoms with E-state index in [-0.39, 0.29) is 0 Å². The van der Waals surface area contributed by atoms with Crippen LogP contribution in [0.3, 0.4) is 0 Å². The van der Waals surface area contributed by atoms with E-state index in [2.05, 4.69) is 43.4 Å². The number of piperidine rings is 1. The number of hydrogen-bond acceptors (Lipinski definition) is 4. The third kappa shape index (κ3) is 5.29. The van der Waals surface area contributed by atoms with E-state index < -0.39 is 0 Å². The number of pyridine rings is 1. The standard InChI is InChI=1S/C30H32ClN3O/c1-19-13-20(2)15-22(14-19)27-18-34-29-17-28(31)25(21-6-8-23(32)9-7-21)16-26(29)30(27)35-12-10-24-5-3-4-11-33-24/h6-9,13-18,24,33H,3-5,10-12,32H2,1-2H3. The lowest BCUT2D eigenvalue weighted by Crippen LogP contribution is -2.35. The zero-order chi connectivity index (χ0) is 24.4. The topological polar surface area (TPSA) is 60.2 Å². The SMILES string of the molecule is Cc1cc(C)cc(-c2cnc3cc(Cl)c(-c4ccc(N)cc4)cc3c2OCCC2CCCCN2)c1. The Labute approximate surface area is 212 Å². The molecule has 5 heteroatoms. The van der Waals surface area contributed by atoms with Crippen molar-refractivity contribution in [2.75, 3.05) is 18.9 Å². The van der Waals surface area contributed by atoms with Crippen molar-refractivity contribution in [3.05, 3.63) is 76.9 Å². The zero-order valence-corrected chi connectivity index (χ0v) is 21.2. The Hall–Kier alpha value is -3.08. The van der Waals surface area contributed by atoms with Gasteiger partial charge in [0, 0.05) is 34.4 Å². The second kappa shape index (κ2) is 10.3. The minimum Gasteiger partial charge on any atom is -0.492 e. The Balaban J connectivity index is 1.60. The summed E-state index contributed by atoms with van der Waals surface area (Å²) in [6, 6.07) is 18.9. The predicted molar refractivity (Wildman–Crippen MR) is 147 cm³/mol. The number of ether oxygens (including phenoxy) is 1. The summed E-state index contributed by atoms with van der Waals surface area (Å²) in [7, 11) is 0. The molecule has 1 aliphatic heterocycles. The summed E-state index contributed by atoms with van der Waals surface area (Å²) in [6.07, 6.45) is 6.66. The summed E-state index contributed by atoms with van der Waals surface area (Å²) in [5.41, 5.74) is 14.0. The van der Waals surface area contributed by atoms with Crippen LogP contribution >= 0.6 is 11.6 Å². The third-order valence-corrected chi connectivity index (χ3v) is 7.10. The van der Waals surface area contributed by atoms with E-state index in [1.165, 1.54) is 30.4 Å². The number of aromatic nitrogens is 1. The molecule has 0 spiro atoms. The maximum Gasteiger partial charge on any atom is 0.138 e. The van der Waals surface area contributed by atoms with Crippen LogP contribution in [0.1, 0.15) is 36.8 Å². The van der Waals surface area contributed by atoms with Crippen LogP contribution in [0.15, 0.2) is 60.8 Å². The van der Waals surface area contributed by atoms with Crippen LogP contribution in [0.25, 0.3) is 33.2 Å². The molecule has 35 heavy (non-hydrogen) atoms. The number of nitrogens with zero attached hydrogens (tertiary/aromatic N) is 1. The number of nitrogens with one attached hydrogen (secondary N) is 1. The summed E-state index contributed by atoms with van der Waals surface area (Å²) < 4.78 is 6.59. The highest BCUT2D eigenvalue weighted by Crippen LogP contribution is 2.41. The summed E-state index contributed by atoms with van der Waals surface area (Å²) in [6.45, 7) is 5.99. The molecule has 3 aromatic carbocycles. The summed E-state index contributed by atoms with van der Waals surface area (Å²) in [5, 5.41) is 5.25. The maximum atomic E-state index is 6.71. The average molecular weight is 486 g/mol. The summed E-state index contributed by atoms with van der Waals surface area (Å²) in [5.74, 6) is 0.865. The minimum atomic E-state index is 0.515. The highest BCUT2D eigenvalue weighted by atomic mass is 35.5. The zero-order valence-electron chi connectivity index (χ0n) is 20.4. The van der Waals surface area contributed by atoms with Crippen molar-refractivity contribution in [1.82, 2.24) is 10.3 Å². The molecule has 0 aliphatic carbocycles. The van der Waals surface area contributed by atoms with Gasteiger partial charge in [-0.3, -0.25) is 4.98 Å². The number of nitrogen functional groups attached to an aromatic ring is 1. The van der Waals surface area contributed by atoms with E-state index in [9.17, 15) is 0 Å². The van der Waals surface area contributed by atoms with Crippen LogP contribution in [0.5, 0.6) is 5.75 Å². The van der Waals surface area contributed by atoms with Crippen molar-refractivity contribution in [3.63, 3.8) is 0 Å². The van der Waals surface area contributed by atoms with Crippen LogP contribution in [0.4, 0.5) is 5.69 Å². The van der Waals surface area contributed by atoms with Gasteiger partial charge in [0.25, 0.3) is 0 Å². The van der Waals surface area contributed by atoms with Gasteiger partial charge in [-0.2, -0.15) is 0 Å². The minimum absolute atomic E-state index is 0.515. The molecule has 180 valence electrons. The highest BCUT2D eigenvalue weighted by molar-refractivity contribution is 6.34. The van der Waals surface area contributed by atoms with E-state index in [4.69, 9.17) is 27.1 Å². The fraction of sp³-hybridized carbons (Fsp3) is 0.300. The summed E-state index contributed by atoms with van der Waals surface area (Å²) >= 11 is 6.71. The Kier molecular flexibility index (Phi) is 6.94. The second-order valence-electron chi connectivity index (χ2n) is 9.63. The quantitative estimate of drug-likeness (QED) is 0.280. The van der Waals surface area contributed by atoms with Crippen LogP contribution < -0.4 is 15.8 Å². The molecular weight excluding hydrogens is 454 g/mol. The van der Waals surface area contributed by atoms with Crippen LogP contribution in [0.2, 0.25) is 5.02 Å². The van der Waals surface area contributed by atoms with E-state index in [1.807, 2.05) is 36.5 Å². The second-order valence-corrected chi connectivity index (χ2v) is 10.0. The number of anilines is 1. The predicted octanol–water partition coefficient (Wildman–Crippen LogP) is 7.33. The van der Waals surface area contributed by atoms with Crippen molar-refractivity contribution in [1.29, 1.82) is 0 Å². The first kappa shape index (κ1) is 23.7. The van der Waals surface area contributed by atoms with Crippen molar-refractivity contribution >= 4 is 28.2 Å². The lowest BCUT2D eigenvalue weighted by Gasteiger charge is -2.24. The van der Waals surface area contributed by atoms with Gasteiger partial charge < -0.3 is 15.8 Å². The molecule has 0 bridgehead atoms. The summed E-state index contributed by atoms with van der Waals surface area (Å²) in [4.78, 5) is 4.79. The van der Waals surface area contributed by atoms with Gasteiger partial charge in [0.15, 0.2) is 0 Å². The maximum absolute atomic E-state index is 6.71.